The Morgan fingerprint density at radius 2 is 1.64 bits per heavy atom. The summed E-state index contributed by atoms with van der Waals surface area (Å²) < 4.78 is 5.33. The molecule has 0 radical (unpaired) electrons. The first-order chi connectivity index (χ1) is 10.7. The van der Waals surface area contributed by atoms with E-state index >= 15 is 0 Å². The van der Waals surface area contributed by atoms with E-state index < -0.39 is 0 Å². The van der Waals surface area contributed by atoms with Crippen LogP contribution < -0.4 is 0 Å². The smallest absolute Gasteiger partial charge is 0.0698 e. The zero-order chi connectivity index (χ0) is 15.8. The molecule has 1 saturated heterocycles. The maximum atomic E-state index is 8.68. The van der Waals surface area contributed by atoms with Crippen LogP contribution in [0.2, 0.25) is 0 Å². The maximum Gasteiger partial charge on any atom is 0.0698 e. The summed E-state index contributed by atoms with van der Waals surface area (Å²) in [7, 11) is 0. The third-order valence-corrected chi connectivity index (χ3v) is 4.30. The monoisotopic (exact) mass is 306 g/mol. The van der Waals surface area contributed by atoms with E-state index in [1.54, 1.807) is 0 Å². The van der Waals surface area contributed by atoms with Crippen LogP contribution in [0, 0.1) is 0 Å². The average molecular weight is 306 g/mol. The summed E-state index contributed by atoms with van der Waals surface area (Å²) in [5.41, 5.74) is 2.82. The Morgan fingerprint density at radius 1 is 1.00 bits per heavy atom. The van der Waals surface area contributed by atoms with E-state index in [9.17, 15) is 0 Å². The van der Waals surface area contributed by atoms with E-state index in [0.29, 0.717) is 12.5 Å². The zero-order valence-corrected chi connectivity index (χ0v) is 14.0. The van der Waals surface area contributed by atoms with Crippen molar-refractivity contribution in [3.63, 3.8) is 0 Å². The molecule has 0 saturated carbocycles. The third-order valence-electron chi connectivity index (χ3n) is 4.30. The van der Waals surface area contributed by atoms with Gasteiger partial charge in [-0.2, -0.15) is 0 Å². The summed E-state index contributed by atoms with van der Waals surface area (Å²) in [5, 5.41) is 8.68. The maximum absolute atomic E-state index is 8.68. The number of ether oxygens (including phenoxy) is 1. The highest BCUT2D eigenvalue weighted by Gasteiger charge is 2.16. The number of nitrogens with zero attached hydrogens (tertiary/aromatic N) is 2. The van der Waals surface area contributed by atoms with Crippen LogP contribution in [0.15, 0.2) is 24.3 Å². The molecule has 0 atom stereocenters. The molecule has 1 aliphatic rings. The van der Waals surface area contributed by atoms with Crippen molar-refractivity contribution in [1.82, 2.24) is 9.80 Å². The predicted octanol–water partition coefficient (Wildman–Crippen LogP) is 1.94. The van der Waals surface area contributed by atoms with Crippen LogP contribution in [0.4, 0.5) is 0 Å². The summed E-state index contributed by atoms with van der Waals surface area (Å²) in [5.74, 6) is 0.602. The molecule has 0 amide bonds. The molecule has 0 aliphatic carbocycles. The second-order valence-electron chi connectivity index (χ2n) is 6.35. The number of hydrogen-bond acceptors (Lipinski definition) is 4. The van der Waals surface area contributed by atoms with Gasteiger partial charge in [0.15, 0.2) is 0 Å². The quantitative estimate of drug-likeness (QED) is 0.745. The van der Waals surface area contributed by atoms with Crippen LogP contribution in [0.3, 0.4) is 0 Å². The second-order valence-corrected chi connectivity index (χ2v) is 6.35. The summed E-state index contributed by atoms with van der Waals surface area (Å²) in [4.78, 5) is 4.96. The summed E-state index contributed by atoms with van der Waals surface area (Å²) >= 11 is 0. The Kier molecular flexibility index (Phi) is 7.33. The van der Waals surface area contributed by atoms with Gasteiger partial charge in [-0.05, 0) is 17.0 Å². The second kappa shape index (κ2) is 9.26. The van der Waals surface area contributed by atoms with E-state index in [4.69, 9.17) is 9.84 Å². The van der Waals surface area contributed by atoms with E-state index in [0.717, 1.165) is 45.9 Å². The highest BCUT2D eigenvalue weighted by Crippen LogP contribution is 2.16. The van der Waals surface area contributed by atoms with Gasteiger partial charge in [0.05, 0.1) is 19.8 Å². The Balaban J connectivity index is 1.68. The Labute approximate surface area is 134 Å². The van der Waals surface area contributed by atoms with Gasteiger partial charge in [0.25, 0.3) is 0 Å². The van der Waals surface area contributed by atoms with E-state index in [2.05, 4.69) is 47.9 Å². The van der Waals surface area contributed by atoms with Crippen molar-refractivity contribution in [2.45, 2.75) is 26.3 Å². The highest BCUT2D eigenvalue weighted by atomic mass is 16.5. The first-order valence-corrected chi connectivity index (χ1v) is 8.41. The SMILES string of the molecule is CC(C)c1ccc(CN2CCN(CCOCCO)CC2)cc1. The lowest BCUT2D eigenvalue weighted by Crippen LogP contribution is -2.46. The highest BCUT2D eigenvalue weighted by molar-refractivity contribution is 5.24. The van der Waals surface area contributed by atoms with Gasteiger partial charge >= 0.3 is 0 Å². The lowest BCUT2D eigenvalue weighted by molar-refractivity contribution is 0.0564. The average Bonchev–Trinajstić information content (AvgIpc) is 2.54. The normalized spacial score (nSPS) is 17.3. The van der Waals surface area contributed by atoms with Crippen molar-refractivity contribution >= 4 is 0 Å². The van der Waals surface area contributed by atoms with Crippen LogP contribution >= 0.6 is 0 Å². The Morgan fingerprint density at radius 3 is 2.23 bits per heavy atom. The molecule has 2 rings (SSSR count). The molecule has 1 aliphatic heterocycles. The van der Waals surface area contributed by atoms with Crippen LogP contribution in [0.1, 0.15) is 30.9 Å². The molecule has 124 valence electrons. The summed E-state index contributed by atoms with van der Waals surface area (Å²) in [6.45, 7) is 12.2. The summed E-state index contributed by atoms with van der Waals surface area (Å²) in [6.07, 6.45) is 0. The van der Waals surface area contributed by atoms with Gasteiger partial charge in [-0.1, -0.05) is 38.1 Å². The van der Waals surface area contributed by atoms with Crippen LogP contribution in [-0.2, 0) is 11.3 Å². The molecule has 4 heteroatoms. The van der Waals surface area contributed by atoms with E-state index in [-0.39, 0.29) is 6.61 Å². The number of aliphatic hydroxyl groups excluding tert-OH is 1. The first-order valence-electron chi connectivity index (χ1n) is 8.41. The molecule has 4 nitrogen and oxygen atoms in total. The molecule has 1 fully saturated rings. The molecular weight excluding hydrogens is 276 g/mol. The Hall–Kier alpha value is -0.940. The zero-order valence-electron chi connectivity index (χ0n) is 14.0. The van der Waals surface area contributed by atoms with Gasteiger partial charge < -0.3 is 9.84 Å². The number of aliphatic hydroxyl groups is 1. The summed E-state index contributed by atoms with van der Waals surface area (Å²) in [6, 6.07) is 9.05. The van der Waals surface area contributed by atoms with Gasteiger partial charge in [-0.3, -0.25) is 9.80 Å². The number of benzene rings is 1. The molecule has 0 aromatic heterocycles. The van der Waals surface area contributed by atoms with Gasteiger partial charge in [0.2, 0.25) is 0 Å². The molecule has 22 heavy (non-hydrogen) atoms. The standard InChI is InChI=1S/C18H30N2O2/c1-16(2)18-5-3-17(4-6-18)15-20-9-7-19(8-10-20)11-13-22-14-12-21/h3-6,16,21H,7-15H2,1-2H3. The van der Waals surface area contributed by atoms with Crippen LogP contribution in [0.5, 0.6) is 0 Å². The van der Waals surface area contributed by atoms with Crippen molar-refractivity contribution < 1.29 is 9.84 Å². The third kappa shape index (κ3) is 5.69. The van der Waals surface area contributed by atoms with Gasteiger partial charge in [0, 0.05) is 39.3 Å². The molecule has 0 bridgehead atoms. The molecule has 1 heterocycles. The van der Waals surface area contributed by atoms with Crippen molar-refractivity contribution in [3.8, 4) is 0 Å². The van der Waals surface area contributed by atoms with Gasteiger partial charge in [0.1, 0.15) is 0 Å². The fourth-order valence-corrected chi connectivity index (χ4v) is 2.80. The van der Waals surface area contributed by atoms with E-state index in [1.807, 2.05) is 0 Å². The lowest BCUT2D eigenvalue weighted by Gasteiger charge is -2.34. The molecule has 0 spiro atoms. The molecule has 0 unspecified atom stereocenters. The van der Waals surface area contributed by atoms with Crippen molar-refractivity contribution in [1.29, 1.82) is 0 Å². The predicted molar refractivity (Wildman–Crippen MR) is 90.2 cm³/mol. The van der Waals surface area contributed by atoms with E-state index in [1.165, 1.54) is 11.1 Å². The minimum atomic E-state index is 0.114. The number of rotatable bonds is 8. The minimum absolute atomic E-state index is 0.114. The molecule has 1 aromatic rings. The molecule has 1 aromatic carbocycles. The van der Waals surface area contributed by atoms with Crippen molar-refractivity contribution in [2.75, 3.05) is 52.5 Å². The van der Waals surface area contributed by atoms with Crippen LogP contribution in [0.25, 0.3) is 0 Å². The largest absolute Gasteiger partial charge is 0.394 e. The number of piperazine rings is 1. The topological polar surface area (TPSA) is 35.9 Å². The molecular formula is C18H30N2O2. The van der Waals surface area contributed by atoms with Crippen molar-refractivity contribution in [2.24, 2.45) is 0 Å². The number of hydrogen-bond donors (Lipinski definition) is 1. The van der Waals surface area contributed by atoms with Gasteiger partial charge in [-0.15, -0.1) is 0 Å². The van der Waals surface area contributed by atoms with Crippen molar-refractivity contribution in [3.05, 3.63) is 35.4 Å². The van der Waals surface area contributed by atoms with Gasteiger partial charge in [-0.25, -0.2) is 0 Å². The lowest BCUT2D eigenvalue weighted by atomic mass is 10.0. The molecule has 1 N–H and O–H groups in total. The van der Waals surface area contributed by atoms with Crippen LogP contribution in [-0.4, -0.2) is 67.5 Å². The minimum Gasteiger partial charge on any atom is -0.394 e. The fourth-order valence-electron chi connectivity index (χ4n) is 2.80. The Bertz CT molecular complexity index is 412. The first kappa shape index (κ1) is 17.4. The fraction of sp³-hybridized carbons (Fsp3) is 0.667.